The fourth-order valence-corrected chi connectivity index (χ4v) is 4.14. The SMILES string of the molecule is COc1cc2c(cc1C)C[C@@H]1NCC[C@@]2(C)C1(C)C. The zero-order valence-electron chi connectivity index (χ0n) is 12.8. The summed E-state index contributed by atoms with van der Waals surface area (Å²) in [5.74, 6) is 1.03. The first-order valence-electron chi connectivity index (χ1n) is 7.31. The van der Waals surface area contributed by atoms with E-state index in [0.29, 0.717) is 11.5 Å². The molecule has 1 N–H and O–H groups in total. The average molecular weight is 259 g/mol. The third-order valence-electron chi connectivity index (χ3n) is 5.95. The monoisotopic (exact) mass is 259 g/mol. The highest BCUT2D eigenvalue weighted by Gasteiger charge is 2.53. The van der Waals surface area contributed by atoms with Crippen LogP contribution in [0.2, 0.25) is 0 Å². The third-order valence-corrected chi connectivity index (χ3v) is 5.95. The molecule has 2 heteroatoms. The van der Waals surface area contributed by atoms with Crippen LogP contribution in [0.15, 0.2) is 12.1 Å². The Morgan fingerprint density at radius 3 is 2.68 bits per heavy atom. The second-order valence-electron chi connectivity index (χ2n) is 6.99. The van der Waals surface area contributed by atoms with Gasteiger partial charge in [-0.25, -0.2) is 0 Å². The van der Waals surface area contributed by atoms with Crippen LogP contribution >= 0.6 is 0 Å². The van der Waals surface area contributed by atoms with Crippen molar-refractivity contribution >= 4 is 0 Å². The van der Waals surface area contributed by atoms with Gasteiger partial charge in [-0.15, -0.1) is 0 Å². The van der Waals surface area contributed by atoms with Crippen LogP contribution < -0.4 is 10.1 Å². The van der Waals surface area contributed by atoms with Gasteiger partial charge in [-0.1, -0.05) is 26.8 Å². The Kier molecular flexibility index (Phi) is 2.72. The minimum atomic E-state index is 0.248. The maximum Gasteiger partial charge on any atom is 0.122 e. The first kappa shape index (κ1) is 13.0. The van der Waals surface area contributed by atoms with Crippen molar-refractivity contribution in [3.8, 4) is 5.75 Å². The minimum Gasteiger partial charge on any atom is -0.496 e. The summed E-state index contributed by atoms with van der Waals surface area (Å²) in [6.45, 7) is 10.5. The lowest BCUT2D eigenvalue weighted by Crippen LogP contribution is -2.62. The smallest absolute Gasteiger partial charge is 0.122 e. The Labute approximate surface area is 116 Å². The predicted molar refractivity (Wildman–Crippen MR) is 79.0 cm³/mol. The highest BCUT2D eigenvalue weighted by Crippen LogP contribution is 2.54. The van der Waals surface area contributed by atoms with Crippen molar-refractivity contribution in [2.24, 2.45) is 5.41 Å². The van der Waals surface area contributed by atoms with E-state index in [-0.39, 0.29) is 5.41 Å². The third kappa shape index (κ3) is 1.59. The van der Waals surface area contributed by atoms with E-state index >= 15 is 0 Å². The molecule has 1 aliphatic heterocycles. The van der Waals surface area contributed by atoms with E-state index in [0.717, 1.165) is 18.7 Å². The van der Waals surface area contributed by atoms with E-state index in [4.69, 9.17) is 4.74 Å². The molecular weight excluding hydrogens is 234 g/mol. The summed E-state index contributed by atoms with van der Waals surface area (Å²) in [4.78, 5) is 0. The molecule has 1 aromatic carbocycles. The molecule has 1 heterocycles. The Bertz CT molecular complexity index is 520. The summed E-state index contributed by atoms with van der Waals surface area (Å²) < 4.78 is 5.55. The van der Waals surface area contributed by atoms with Crippen molar-refractivity contribution in [3.63, 3.8) is 0 Å². The standard InChI is InChI=1S/C17H25NO/c1-11-8-12-9-15-16(2,3)17(4,6-7-18-15)13(12)10-14(11)19-5/h8,10,15,18H,6-7,9H2,1-5H3/t15-,17+/m0/s1. The van der Waals surface area contributed by atoms with Gasteiger partial charge in [-0.05, 0) is 54.5 Å². The number of nitrogens with one attached hydrogen (secondary N) is 1. The van der Waals surface area contributed by atoms with Crippen LogP contribution in [0.1, 0.15) is 43.9 Å². The Hall–Kier alpha value is -1.02. The fraction of sp³-hybridized carbons (Fsp3) is 0.647. The average Bonchev–Trinajstić information content (AvgIpc) is 2.33. The van der Waals surface area contributed by atoms with Crippen LogP contribution in [0.3, 0.4) is 0 Å². The van der Waals surface area contributed by atoms with Crippen LogP contribution in [0, 0.1) is 12.3 Å². The van der Waals surface area contributed by atoms with Crippen LogP contribution in [0.4, 0.5) is 0 Å². The van der Waals surface area contributed by atoms with Gasteiger partial charge in [0.05, 0.1) is 7.11 Å². The Morgan fingerprint density at radius 2 is 2.00 bits per heavy atom. The second kappa shape index (κ2) is 3.99. The molecular formula is C17H25NO. The number of aryl methyl sites for hydroxylation is 1. The first-order valence-corrected chi connectivity index (χ1v) is 7.31. The normalized spacial score (nSPS) is 31.7. The van der Waals surface area contributed by atoms with Gasteiger partial charge in [0.1, 0.15) is 5.75 Å². The lowest BCUT2D eigenvalue weighted by atomic mass is 9.51. The number of hydrogen-bond acceptors (Lipinski definition) is 2. The highest BCUT2D eigenvalue weighted by molar-refractivity contribution is 5.49. The number of rotatable bonds is 1. The Balaban J connectivity index is 2.22. The van der Waals surface area contributed by atoms with Crippen LogP contribution in [-0.4, -0.2) is 19.7 Å². The topological polar surface area (TPSA) is 21.3 Å². The zero-order chi connectivity index (χ0) is 13.8. The molecule has 1 aromatic rings. The molecule has 0 saturated carbocycles. The summed E-state index contributed by atoms with van der Waals surface area (Å²) in [6.07, 6.45) is 2.35. The summed E-state index contributed by atoms with van der Waals surface area (Å²) in [5, 5.41) is 3.72. The number of benzene rings is 1. The van der Waals surface area contributed by atoms with Crippen molar-refractivity contribution in [2.75, 3.05) is 13.7 Å². The molecule has 1 fully saturated rings. The van der Waals surface area contributed by atoms with Gasteiger partial charge < -0.3 is 10.1 Å². The molecule has 2 atom stereocenters. The van der Waals surface area contributed by atoms with E-state index in [2.05, 4.69) is 45.1 Å². The van der Waals surface area contributed by atoms with Gasteiger partial charge in [0.25, 0.3) is 0 Å². The summed E-state index contributed by atoms with van der Waals surface area (Å²) in [6, 6.07) is 5.22. The molecule has 1 aliphatic carbocycles. The van der Waals surface area contributed by atoms with Crippen molar-refractivity contribution in [1.82, 2.24) is 5.32 Å². The second-order valence-corrected chi connectivity index (χ2v) is 6.99. The maximum atomic E-state index is 5.55. The summed E-state index contributed by atoms with van der Waals surface area (Å²) >= 11 is 0. The number of methoxy groups -OCH3 is 1. The van der Waals surface area contributed by atoms with Crippen LogP contribution in [-0.2, 0) is 11.8 Å². The molecule has 0 radical (unpaired) electrons. The van der Waals surface area contributed by atoms with E-state index in [1.807, 2.05) is 0 Å². The molecule has 0 unspecified atom stereocenters. The van der Waals surface area contributed by atoms with Gasteiger partial charge in [0.15, 0.2) is 0 Å². The number of piperidine rings is 1. The number of ether oxygens (including phenoxy) is 1. The summed E-state index contributed by atoms with van der Waals surface area (Å²) in [7, 11) is 1.77. The number of fused-ring (bicyclic) bond motifs is 4. The van der Waals surface area contributed by atoms with Gasteiger partial charge in [0.2, 0.25) is 0 Å². The van der Waals surface area contributed by atoms with E-state index < -0.39 is 0 Å². The molecule has 0 amide bonds. The molecule has 19 heavy (non-hydrogen) atoms. The first-order chi connectivity index (χ1) is 8.90. The van der Waals surface area contributed by atoms with E-state index in [1.165, 1.54) is 23.1 Å². The fourth-order valence-electron chi connectivity index (χ4n) is 4.14. The van der Waals surface area contributed by atoms with Gasteiger partial charge in [-0.2, -0.15) is 0 Å². The predicted octanol–water partition coefficient (Wildman–Crippen LogP) is 3.21. The van der Waals surface area contributed by atoms with Gasteiger partial charge in [0, 0.05) is 11.5 Å². The molecule has 104 valence electrons. The molecule has 0 spiro atoms. The lowest BCUT2D eigenvalue weighted by molar-refractivity contribution is 0.0557. The zero-order valence-corrected chi connectivity index (χ0v) is 12.8. The molecule has 2 bridgehead atoms. The number of hydrogen-bond donors (Lipinski definition) is 1. The highest BCUT2D eigenvalue weighted by atomic mass is 16.5. The Morgan fingerprint density at radius 1 is 1.26 bits per heavy atom. The molecule has 1 saturated heterocycles. The van der Waals surface area contributed by atoms with Crippen LogP contribution in [0.5, 0.6) is 5.75 Å². The summed E-state index contributed by atoms with van der Waals surface area (Å²) in [5.41, 5.74) is 4.81. The maximum absolute atomic E-state index is 5.55. The largest absolute Gasteiger partial charge is 0.496 e. The van der Waals surface area contributed by atoms with E-state index in [1.54, 1.807) is 7.11 Å². The van der Waals surface area contributed by atoms with Crippen molar-refractivity contribution in [3.05, 3.63) is 28.8 Å². The minimum absolute atomic E-state index is 0.248. The quantitative estimate of drug-likeness (QED) is 0.836. The molecule has 0 aromatic heterocycles. The van der Waals surface area contributed by atoms with Gasteiger partial charge >= 0.3 is 0 Å². The van der Waals surface area contributed by atoms with Crippen LogP contribution in [0.25, 0.3) is 0 Å². The lowest BCUT2D eigenvalue weighted by Gasteiger charge is -2.57. The van der Waals surface area contributed by atoms with Crippen molar-refractivity contribution in [2.45, 2.75) is 52.0 Å². The molecule has 2 aliphatic rings. The van der Waals surface area contributed by atoms with Crippen molar-refractivity contribution in [1.29, 1.82) is 0 Å². The van der Waals surface area contributed by atoms with E-state index in [9.17, 15) is 0 Å². The van der Waals surface area contributed by atoms with Gasteiger partial charge in [-0.3, -0.25) is 0 Å². The van der Waals surface area contributed by atoms with Crippen molar-refractivity contribution < 1.29 is 4.74 Å². The molecule has 3 rings (SSSR count). The molecule has 2 nitrogen and oxygen atoms in total.